The standard InChI is InChI=1S/C14H25N3OS/c1-4-11-17(12-5-2)19(18,16-6-3)14-9-7-13(15)8-10-14/h7-10H,4-6,11-12,15H2,1-3H3. The van der Waals surface area contributed by atoms with E-state index in [9.17, 15) is 4.21 Å². The molecule has 1 atom stereocenters. The predicted molar refractivity (Wildman–Crippen MR) is 82.4 cm³/mol. The van der Waals surface area contributed by atoms with Gasteiger partial charge in [-0.2, -0.15) is 0 Å². The number of benzene rings is 1. The van der Waals surface area contributed by atoms with Crippen molar-refractivity contribution in [3.63, 3.8) is 0 Å². The summed E-state index contributed by atoms with van der Waals surface area (Å²) in [7, 11) is -2.50. The molecule has 5 heteroatoms. The fourth-order valence-electron chi connectivity index (χ4n) is 1.98. The summed E-state index contributed by atoms with van der Waals surface area (Å²) in [6.45, 7) is 8.25. The zero-order valence-corrected chi connectivity index (χ0v) is 12.9. The van der Waals surface area contributed by atoms with Crippen LogP contribution in [-0.2, 0) is 9.92 Å². The van der Waals surface area contributed by atoms with Crippen LogP contribution in [0.4, 0.5) is 5.69 Å². The maximum Gasteiger partial charge on any atom is 0.139 e. The lowest BCUT2D eigenvalue weighted by Crippen LogP contribution is -2.32. The molecule has 0 aliphatic carbocycles. The van der Waals surface area contributed by atoms with Crippen LogP contribution in [-0.4, -0.2) is 28.1 Å². The summed E-state index contributed by atoms with van der Waals surface area (Å²) in [5, 5.41) is 0. The molecule has 0 fully saturated rings. The Morgan fingerprint density at radius 3 is 2.05 bits per heavy atom. The molecule has 0 radical (unpaired) electrons. The highest BCUT2D eigenvalue weighted by atomic mass is 32.2. The van der Waals surface area contributed by atoms with Crippen molar-refractivity contribution >= 4 is 15.6 Å². The van der Waals surface area contributed by atoms with Gasteiger partial charge in [-0.25, -0.2) is 12.9 Å². The highest BCUT2D eigenvalue weighted by molar-refractivity contribution is 7.91. The van der Waals surface area contributed by atoms with Crippen molar-refractivity contribution in [1.29, 1.82) is 0 Å². The molecule has 108 valence electrons. The lowest BCUT2D eigenvalue weighted by molar-refractivity contribution is 0.435. The lowest BCUT2D eigenvalue weighted by Gasteiger charge is -2.25. The summed E-state index contributed by atoms with van der Waals surface area (Å²) >= 11 is 0. The summed E-state index contributed by atoms with van der Waals surface area (Å²) in [6.07, 6.45) is 1.93. The number of nitrogen functional groups attached to an aromatic ring is 1. The third-order valence-electron chi connectivity index (χ3n) is 2.79. The molecule has 0 aromatic heterocycles. The monoisotopic (exact) mass is 283 g/mol. The summed E-state index contributed by atoms with van der Waals surface area (Å²) in [6, 6.07) is 7.23. The van der Waals surface area contributed by atoms with Crippen molar-refractivity contribution in [3.05, 3.63) is 24.3 Å². The van der Waals surface area contributed by atoms with Crippen molar-refractivity contribution < 1.29 is 4.21 Å². The Balaban J connectivity index is 3.26. The van der Waals surface area contributed by atoms with Crippen molar-refractivity contribution in [2.24, 2.45) is 4.36 Å². The van der Waals surface area contributed by atoms with Crippen LogP contribution >= 0.6 is 0 Å². The molecule has 0 saturated heterocycles. The molecule has 0 amide bonds. The molecule has 0 bridgehead atoms. The number of nitrogens with two attached hydrogens (primary N) is 1. The average molecular weight is 283 g/mol. The van der Waals surface area contributed by atoms with E-state index < -0.39 is 9.92 Å². The van der Waals surface area contributed by atoms with E-state index >= 15 is 0 Å². The quantitative estimate of drug-likeness (QED) is 0.781. The minimum absolute atomic E-state index is 0.549. The van der Waals surface area contributed by atoms with Gasteiger partial charge in [-0.15, -0.1) is 0 Å². The van der Waals surface area contributed by atoms with Crippen LogP contribution in [0.5, 0.6) is 0 Å². The zero-order valence-electron chi connectivity index (χ0n) is 12.1. The van der Waals surface area contributed by atoms with Gasteiger partial charge in [0.1, 0.15) is 9.92 Å². The molecule has 0 aliphatic rings. The third-order valence-corrected chi connectivity index (χ3v) is 5.35. The van der Waals surface area contributed by atoms with Crippen molar-refractivity contribution in [2.75, 3.05) is 25.4 Å². The molecule has 1 aromatic carbocycles. The van der Waals surface area contributed by atoms with Gasteiger partial charge in [-0.3, -0.25) is 0 Å². The van der Waals surface area contributed by atoms with Gasteiger partial charge < -0.3 is 5.73 Å². The van der Waals surface area contributed by atoms with E-state index in [1.54, 1.807) is 12.1 Å². The average Bonchev–Trinajstić information content (AvgIpc) is 2.39. The normalized spacial score (nSPS) is 14.3. The van der Waals surface area contributed by atoms with E-state index in [0.29, 0.717) is 12.2 Å². The van der Waals surface area contributed by atoms with Crippen molar-refractivity contribution in [1.82, 2.24) is 4.31 Å². The molecule has 2 N–H and O–H groups in total. The largest absolute Gasteiger partial charge is 0.399 e. The van der Waals surface area contributed by atoms with Crippen LogP contribution in [0.2, 0.25) is 0 Å². The van der Waals surface area contributed by atoms with Crippen LogP contribution in [0, 0.1) is 0 Å². The van der Waals surface area contributed by atoms with Gasteiger partial charge in [0.2, 0.25) is 0 Å². The molecule has 0 heterocycles. The Hall–Kier alpha value is -1.07. The van der Waals surface area contributed by atoms with Crippen LogP contribution in [0.3, 0.4) is 0 Å². The molecule has 0 spiro atoms. The van der Waals surface area contributed by atoms with E-state index in [-0.39, 0.29) is 0 Å². The van der Waals surface area contributed by atoms with Gasteiger partial charge >= 0.3 is 0 Å². The molecule has 0 saturated carbocycles. The van der Waals surface area contributed by atoms with Gasteiger partial charge in [-0.1, -0.05) is 13.8 Å². The van der Waals surface area contributed by atoms with E-state index in [2.05, 4.69) is 18.2 Å². The number of hydrogen-bond acceptors (Lipinski definition) is 3. The van der Waals surface area contributed by atoms with Gasteiger partial charge in [0.25, 0.3) is 0 Å². The Morgan fingerprint density at radius 1 is 1.11 bits per heavy atom. The topological polar surface area (TPSA) is 58.7 Å². The lowest BCUT2D eigenvalue weighted by atomic mass is 10.3. The van der Waals surface area contributed by atoms with Crippen LogP contribution in [0.25, 0.3) is 0 Å². The smallest absolute Gasteiger partial charge is 0.139 e. The first-order chi connectivity index (χ1) is 9.08. The minimum atomic E-state index is -2.50. The molecular weight excluding hydrogens is 258 g/mol. The van der Waals surface area contributed by atoms with E-state index in [4.69, 9.17) is 5.73 Å². The Bertz CT molecular complexity index is 484. The second kappa shape index (κ2) is 7.50. The highest BCUT2D eigenvalue weighted by Crippen LogP contribution is 2.20. The molecule has 1 rings (SSSR count). The fraction of sp³-hybridized carbons (Fsp3) is 0.571. The van der Waals surface area contributed by atoms with Gasteiger partial charge in [0, 0.05) is 25.3 Å². The highest BCUT2D eigenvalue weighted by Gasteiger charge is 2.20. The summed E-state index contributed by atoms with van der Waals surface area (Å²) in [4.78, 5) is 0.755. The maximum atomic E-state index is 13.3. The maximum absolute atomic E-state index is 13.3. The van der Waals surface area contributed by atoms with E-state index in [1.807, 2.05) is 23.4 Å². The Labute approximate surface area is 117 Å². The number of rotatable bonds is 7. The number of nitrogens with zero attached hydrogens (tertiary/aromatic N) is 2. The molecular formula is C14H25N3OS. The first-order valence-corrected chi connectivity index (χ1v) is 8.39. The SMILES string of the molecule is CCCN(CCC)S(=O)(=NCC)c1ccc(N)cc1. The van der Waals surface area contributed by atoms with Crippen LogP contribution in [0.1, 0.15) is 33.6 Å². The second-order valence-corrected chi connectivity index (χ2v) is 6.68. The van der Waals surface area contributed by atoms with E-state index in [0.717, 1.165) is 30.8 Å². The zero-order chi connectivity index (χ0) is 14.3. The molecule has 0 aliphatic heterocycles. The van der Waals surface area contributed by atoms with Crippen LogP contribution < -0.4 is 5.73 Å². The third kappa shape index (κ3) is 3.94. The molecule has 1 aromatic rings. The van der Waals surface area contributed by atoms with Crippen LogP contribution in [0.15, 0.2) is 33.5 Å². The Morgan fingerprint density at radius 2 is 1.63 bits per heavy atom. The van der Waals surface area contributed by atoms with Crippen molar-refractivity contribution in [2.45, 2.75) is 38.5 Å². The predicted octanol–water partition coefficient (Wildman–Crippen LogP) is 3.15. The number of anilines is 1. The molecule has 4 nitrogen and oxygen atoms in total. The second-order valence-electron chi connectivity index (χ2n) is 4.44. The van der Waals surface area contributed by atoms with Crippen molar-refractivity contribution in [3.8, 4) is 0 Å². The summed E-state index contributed by atoms with van der Waals surface area (Å²) in [5.41, 5.74) is 6.38. The van der Waals surface area contributed by atoms with Gasteiger partial charge in [-0.05, 0) is 44.0 Å². The molecule has 1 unspecified atom stereocenters. The minimum Gasteiger partial charge on any atom is -0.399 e. The first kappa shape index (κ1) is 16.0. The van der Waals surface area contributed by atoms with Gasteiger partial charge in [0.05, 0.1) is 4.90 Å². The number of hydrogen-bond donors (Lipinski definition) is 1. The first-order valence-electron chi connectivity index (χ1n) is 6.92. The van der Waals surface area contributed by atoms with E-state index in [1.165, 1.54) is 0 Å². The summed E-state index contributed by atoms with van der Waals surface area (Å²) < 4.78 is 19.7. The Kier molecular flexibility index (Phi) is 6.31. The summed E-state index contributed by atoms with van der Waals surface area (Å²) in [5.74, 6) is 0. The fourth-order valence-corrected chi connectivity index (χ4v) is 4.29. The van der Waals surface area contributed by atoms with Gasteiger partial charge in [0.15, 0.2) is 0 Å². The molecule has 19 heavy (non-hydrogen) atoms.